The van der Waals surface area contributed by atoms with Gasteiger partial charge in [0.25, 0.3) is 5.91 Å². The Balaban J connectivity index is 1.86. The highest BCUT2D eigenvalue weighted by Crippen LogP contribution is 2.17. The normalized spacial score (nSPS) is 10.4. The zero-order chi connectivity index (χ0) is 12.4. The molecule has 2 aromatic heterocycles. The van der Waals surface area contributed by atoms with E-state index in [1.54, 1.807) is 30.7 Å². The average Bonchev–Trinajstić information content (AvgIpc) is 2.87. The van der Waals surface area contributed by atoms with Crippen LogP contribution in [0.1, 0.15) is 10.4 Å². The monoisotopic (exact) mass is 238 g/mol. The average molecular weight is 238 g/mol. The van der Waals surface area contributed by atoms with Gasteiger partial charge in [-0.2, -0.15) is 5.10 Å². The van der Waals surface area contributed by atoms with Gasteiger partial charge in [-0.3, -0.25) is 14.9 Å². The van der Waals surface area contributed by atoms with Crippen LogP contribution in [0.15, 0.2) is 48.9 Å². The van der Waals surface area contributed by atoms with Gasteiger partial charge in [-0.25, -0.2) is 0 Å². The Bertz CT molecular complexity index is 690. The fraction of sp³-hybridized carbons (Fsp3) is 0. The summed E-state index contributed by atoms with van der Waals surface area (Å²) in [5.74, 6) is -0.156. The van der Waals surface area contributed by atoms with Crippen LogP contribution in [0.3, 0.4) is 0 Å². The maximum atomic E-state index is 11.9. The van der Waals surface area contributed by atoms with Gasteiger partial charge in [0.05, 0.1) is 11.7 Å². The van der Waals surface area contributed by atoms with Gasteiger partial charge in [0.2, 0.25) is 0 Å². The van der Waals surface area contributed by atoms with E-state index >= 15 is 0 Å². The molecule has 2 N–H and O–H groups in total. The molecule has 0 aliphatic rings. The summed E-state index contributed by atoms with van der Waals surface area (Å²) in [7, 11) is 0. The fourth-order valence-corrected chi connectivity index (χ4v) is 1.72. The van der Waals surface area contributed by atoms with Crippen molar-refractivity contribution in [1.29, 1.82) is 0 Å². The Hall–Kier alpha value is -2.69. The molecule has 0 aliphatic carbocycles. The molecule has 0 aliphatic heterocycles. The van der Waals surface area contributed by atoms with Crippen molar-refractivity contribution in [3.8, 4) is 0 Å². The van der Waals surface area contributed by atoms with Crippen molar-refractivity contribution < 1.29 is 4.79 Å². The van der Waals surface area contributed by atoms with E-state index in [2.05, 4.69) is 20.5 Å². The Morgan fingerprint density at radius 3 is 2.83 bits per heavy atom. The van der Waals surface area contributed by atoms with Gasteiger partial charge >= 0.3 is 0 Å². The number of amides is 1. The van der Waals surface area contributed by atoms with E-state index in [4.69, 9.17) is 0 Å². The largest absolute Gasteiger partial charge is 0.322 e. The van der Waals surface area contributed by atoms with Crippen molar-refractivity contribution in [2.45, 2.75) is 0 Å². The van der Waals surface area contributed by atoms with E-state index in [1.807, 2.05) is 18.2 Å². The van der Waals surface area contributed by atoms with E-state index < -0.39 is 0 Å². The first-order valence-electron chi connectivity index (χ1n) is 5.47. The molecule has 5 nitrogen and oxygen atoms in total. The highest BCUT2D eigenvalue weighted by atomic mass is 16.1. The number of hydrogen-bond donors (Lipinski definition) is 2. The van der Waals surface area contributed by atoms with Crippen LogP contribution >= 0.6 is 0 Å². The summed E-state index contributed by atoms with van der Waals surface area (Å²) in [6.45, 7) is 0. The van der Waals surface area contributed by atoms with Gasteiger partial charge in [-0.15, -0.1) is 0 Å². The Labute approximate surface area is 103 Å². The number of fused-ring (bicyclic) bond motifs is 1. The van der Waals surface area contributed by atoms with Crippen molar-refractivity contribution in [3.63, 3.8) is 0 Å². The maximum absolute atomic E-state index is 11.9. The van der Waals surface area contributed by atoms with E-state index in [1.165, 1.54) is 0 Å². The first kappa shape index (κ1) is 10.5. The number of aromatic nitrogens is 3. The van der Waals surface area contributed by atoms with Crippen molar-refractivity contribution in [2.24, 2.45) is 0 Å². The number of rotatable bonds is 2. The minimum atomic E-state index is -0.156. The summed E-state index contributed by atoms with van der Waals surface area (Å²) in [6.07, 6.45) is 4.92. The summed E-state index contributed by atoms with van der Waals surface area (Å²) in [4.78, 5) is 15.8. The molecule has 0 spiro atoms. The number of hydrogen-bond acceptors (Lipinski definition) is 3. The number of carbonyl (C=O) groups is 1. The van der Waals surface area contributed by atoms with Gasteiger partial charge in [0, 0.05) is 29.0 Å². The minimum Gasteiger partial charge on any atom is -0.322 e. The molecule has 88 valence electrons. The zero-order valence-electron chi connectivity index (χ0n) is 9.42. The number of aromatic amines is 1. The Kier molecular flexibility index (Phi) is 2.49. The molecule has 0 bridgehead atoms. The number of H-pyrrole nitrogens is 1. The summed E-state index contributed by atoms with van der Waals surface area (Å²) in [6, 6.07) is 8.94. The number of carbonyl (C=O) groups excluding carboxylic acids is 1. The van der Waals surface area contributed by atoms with E-state index in [9.17, 15) is 4.79 Å². The van der Waals surface area contributed by atoms with Crippen molar-refractivity contribution in [1.82, 2.24) is 15.2 Å². The molecule has 2 heterocycles. The van der Waals surface area contributed by atoms with Crippen LogP contribution in [-0.2, 0) is 0 Å². The highest BCUT2D eigenvalue weighted by molar-refractivity contribution is 6.04. The molecule has 1 amide bonds. The van der Waals surface area contributed by atoms with Crippen molar-refractivity contribution >= 4 is 22.5 Å². The molecule has 0 saturated carbocycles. The summed E-state index contributed by atoms with van der Waals surface area (Å²) < 4.78 is 0. The first-order valence-corrected chi connectivity index (χ1v) is 5.47. The molecule has 0 unspecified atom stereocenters. The van der Waals surface area contributed by atoms with Gasteiger partial charge in [0.15, 0.2) is 0 Å². The topological polar surface area (TPSA) is 70.7 Å². The Morgan fingerprint density at radius 2 is 2.00 bits per heavy atom. The minimum absolute atomic E-state index is 0.156. The van der Waals surface area contributed by atoms with Gasteiger partial charge in [-0.05, 0) is 30.3 Å². The van der Waals surface area contributed by atoms with Crippen LogP contribution in [-0.4, -0.2) is 21.1 Å². The molecule has 0 fully saturated rings. The molecule has 1 aromatic carbocycles. The lowest BCUT2D eigenvalue weighted by atomic mass is 10.2. The lowest BCUT2D eigenvalue weighted by molar-refractivity contribution is 0.102. The SMILES string of the molecule is O=C(Nc1ccc2cn[nH]c2c1)c1ccncc1. The summed E-state index contributed by atoms with van der Waals surface area (Å²) in [5.41, 5.74) is 2.20. The summed E-state index contributed by atoms with van der Waals surface area (Å²) in [5, 5.41) is 10.6. The van der Waals surface area contributed by atoms with E-state index in [0.29, 0.717) is 5.56 Å². The smallest absolute Gasteiger partial charge is 0.255 e. The quantitative estimate of drug-likeness (QED) is 0.719. The van der Waals surface area contributed by atoms with E-state index in [-0.39, 0.29) is 5.91 Å². The van der Waals surface area contributed by atoms with Crippen LogP contribution in [0.25, 0.3) is 10.9 Å². The molecular weight excluding hydrogens is 228 g/mol. The highest BCUT2D eigenvalue weighted by Gasteiger charge is 2.06. The van der Waals surface area contributed by atoms with Crippen molar-refractivity contribution in [3.05, 3.63) is 54.5 Å². The van der Waals surface area contributed by atoms with Crippen molar-refractivity contribution in [2.75, 3.05) is 5.32 Å². The Morgan fingerprint density at radius 1 is 1.17 bits per heavy atom. The number of nitrogens with zero attached hydrogens (tertiary/aromatic N) is 2. The fourth-order valence-electron chi connectivity index (χ4n) is 1.72. The molecule has 5 heteroatoms. The van der Waals surface area contributed by atoms with Crippen LogP contribution in [0, 0.1) is 0 Å². The summed E-state index contributed by atoms with van der Waals surface area (Å²) >= 11 is 0. The van der Waals surface area contributed by atoms with Gasteiger partial charge in [0.1, 0.15) is 0 Å². The number of anilines is 1. The lowest BCUT2D eigenvalue weighted by Gasteiger charge is -2.04. The standard InChI is InChI=1S/C13H10N4O/c18-13(9-3-5-14-6-4-9)16-11-2-1-10-8-15-17-12(10)7-11/h1-8H,(H,15,17)(H,16,18). The van der Waals surface area contributed by atoms with E-state index in [0.717, 1.165) is 16.6 Å². The van der Waals surface area contributed by atoms with Crippen LogP contribution in [0.2, 0.25) is 0 Å². The molecule has 0 atom stereocenters. The predicted octanol–water partition coefficient (Wildman–Crippen LogP) is 2.21. The second kappa shape index (κ2) is 4.29. The second-order valence-electron chi connectivity index (χ2n) is 3.86. The zero-order valence-corrected chi connectivity index (χ0v) is 9.42. The number of benzene rings is 1. The van der Waals surface area contributed by atoms with Crippen LogP contribution < -0.4 is 5.32 Å². The van der Waals surface area contributed by atoms with Gasteiger partial charge in [-0.1, -0.05) is 0 Å². The lowest BCUT2D eigenvalue weighted by Crippen LogP contribution is -2.11. The molecular formula is C13H10N4O. The van der Waals surface area contributed by atoms with Crippen LogP contribution in [0.5, 0.6) is 0 Å². The number of nitrogens with one attached hydrogen (secondary N) is 2. The third-order valence-electron chi connectivity index (χ3n) is 2.64. The third-order valence-corrected chi connectivity index (χ3v) is 2.64. The molecule has 0 saturated heterocycles. The number of pyridine rings is 1. The molecule has 3 aromatic rings. The maximum Gasteiger partial charge on any atom is 0.255 e. The third kappa shape index (κ3) is 1.93. The predicted molar refractivity (Wildman–Crippen MR) is 68.3 cm³/mol. The molecule has 3 rings (SSSR count). The first-order chi connectivity index (χ1) is 8.83. The second-order valence-corrected chi connectivity index (χ2v) is 3.86. The molecule has 0 radical (unpaired) electrons. The van der Waals surface area contributed by atoms with Gasteiger partial charge < -0.3 is 5.32 Å². The van der Waals surface area contributed by atoms with Crippen LogP contribution in [0.4, 0.5) is 5.69 Å². The molecule has 18 heavy (non-hydrogen) atoms.